The van der Waals surface area contributed by atoms with Gasteiger partial charge in [0.2, 0.25) is 5.91 Å². The lowest BCUT2D eigenvalue weighted by Gasteiger charge is -2.07. The maximum atomic E-state index is 11.6. The number of aromatic amines is 1. The van der Waals surface area contributed by atoms with Crippen LogP contribution in [-0.2, 0) is 4.79 Å². The third-order valence-corrected chi connectivity index (χ3v) is 2.44. The highest BCUT2D eigenvalue weighted by molar-refractivity contribution is 6.01. The molecule has 0 saturated carbocycles. The van der Waals surface area contributed by atoms with Crippen molar-refractivity contribution in [3.8, 4) is 0 Å². The molecule has 0 aliphatic heterocycles. The van der Waals surface area contributed by atoms with Gasteiger partial charge in [0, 0.05) is 18.1 Å². The molecule has 0 aliphatic rings. The molecule has 5 heteroatoms. The van der Waals surface area contributed by atoms with Gasteiger partial charge in [-0.2, -0.15) is 0 Å². The zero-order chi connectivity index (χ0) is 12.1. The van der Waals surface area contributed by atoms with Gasteiger partial charge in [-0.3, -0.25) is 4.79 Å². The lowest BCUT2D eigenvalue weighted by atomic mass is 10.2. The Labute approximate surface area is 98.8 Å². The maximum Gasteiger partial charge on any atom is 0.238 e. The van der Waals surface area contributed by atoms with Crippen LogP contribution < -0.4 is 10.6 Å². The molecular weight excluding hydrogens is 218 g/mol. The van der Waals surface area contributed by atoms with E-state index in [0.717, 1.165) is 16.6 Å². The molecule has 2 rings (SSSR count). The summed E-state index contributed by atoms with van der Waals surface area (Å²) in [5.74, 6) is -0.124. The number of benzene rings is 1. The van der Waals surface area contributed by atoms with Crippen LogP contribution in [0.25, 0.3) is 10.9 Å². The molecule has 0 spiro atoms. The lowest BCUT2D eigenvalue weighted by molar-refractivity contribution is -0.115. The van der Waals surface area contributed by atoms with Crippen LogP contribution >= 0.6 is 0 Å². The van der Waals surface area contributed by atoms with Crippen LogP contribution in [0.2, 0.25) is 0 Å². The number of carbonyl (C=O) groups excluding carboxylic acids is 1. The second-order valence-corrected chi connectivity index (χ2v) is 3.70. The molecule has 1 heterocycles. The van der Waals surface area contributed by atoms with E-state index < -0.39 is 0 Å². The molecule has 0 unspecified atom stereocenters. The van der Waals surface area contributed by atoms with Crippen molar-refractivity contribution >= 4 is 22.5 Å². The number of carbonyl (C=O) groups is 1. The van der Waals surface area contributed by atoms with Crippen molar-refractivity contribution in [3.63, 3.8) is 0 Å². The number of aromatic nitrogens is 1. The smallest absolute Gasteiger partial charge is 0.238 e. The summed E-state index contributed by atoms with van der Waals surface area (Å²) in [6, 6.07) is 7.68. The molecule has 0 saturated heterocycles. The standard InChI is InChI=1S/C12H15N3O2/c16-7-6-13-8-11(17)15-10-3-1-2-9-4-5-14-12(9)10/h1-5,13-14,16H,6-8H2,(H,15,17). The number of nitrogens with one attached hydrogen (secondary N) is 3. The number of rotatable bonds is 5. The average molecular weight is 233 g/mol. The highest BCUT2D eigenvalue weighted by Gasteiger charge is 2.05. The second-order valence-electron chi connectivity index (χ2n) is 3.70. The zero-order valence-corrected chi connectivity index (χ0v) is 9.36. The first-order valence-corrected chi connectivity index (χ1v) is 5.49. The largest absolute Gasteiger partial charge is 0.395 e. The molecule has 0 aliphatic carbocycles. The van der Waals surface area contributed by atoms with E-state index in [9.17, 15) is 4.79 Å². The van der Waals surface area contributed by atoms with Gasteiger partial charge < -0.3 is 20.7 Å². The quantitative estimate of drug-likeness (QED) is 0.574. The summed E-state index contributed by atoms with van der Waals surface area (Å²) in [5, 5.41) is 15.3. The Morgan fingerprint density at radius 1 is 1.35 bits per heavy atom. The normalized spacial score (nSPS) is 10.6. The van der Waals surface area contributed by atoms with E-state index in [4.69, 9.17) is 5.11 Å². The Balaban J connectivity index is 2.03. The molecule has 0 fully saturated rings. The summed E-state index contributed by atoms with van der Waals surface area (Å²) in [4.78, 5) is 14.7. The molecule has 1 aromatic heterocycles. The minimum Gasteiger partial charge on any atom is -0.395 e. The van der Waals surface area contributed by atoms with Crippen LogP contribution in [0.1, 0.15) is 0 Å². The summed E-state index contributed by atoms with van der Waals surface area (Å²) in [7, 11) is 0. The minimum absolute atomic E-state index is 0.0273. The highest BCUT2D eigenvalue weighted by atomic mass is 16.3. The number of hydrogen-bond acceptors (Lipinski definition) is 3. The minimum atomic E-state index is -0.124. The Morgan fingerprint density at radius 3 is 3.06 bits per heavy atom. The first kappa shape index (κ1) is 11.6. The van der Waals surface area contributed by atoms with Crippen molar-refractivity contribution in [3.05, 3.63) is 30.5 Å². The van der Waals surface area contributed by atoms with Crippen molar-refractivity contribution in [1.29, 1.82) is 0 Å². The van der Waals surface area contributed by atoms with Gasteiger partial charge in [0.15, 0.2) is 0 Å². The number of fused-ring (bicyclic) bond motifs is 1. The maximum absolute atomic E-state index is 11.6. The molecule has 90 valence electrons. The third kappa shape index (κ3) is 2.83. The van der Waals surface area contributed by atoms with Gasteiger partial charge in [0.25, 0.3) is 0 Å². The SMILES string of the molecule is O=C(CNCCO)Nc1cccc2cc[nH]c12. The van der Waals surface area contributed by atoms with Crippen molar-refractivity contribution in [2.45, 2.75) is 0 Å². The molecule has 1 amide bonds. The zero-order valence-electron chi connectivity index (χ0n) is 9.36. The summed E-state index contributed by atoms with van der Waals surface area (Å²) in [6.07, 6.45) is 1.84. The Kier molecular flexibility index (Phi) is 3.74. The fourth-order valence-corrected chi connectivity index (χ4v) is 1.66. The van der Waals surface area contributed by atoms with Gasteiger partial charge >= 0.3 is 0 Å². The van der Waals surface area contributed by atoms with Crippen molar-refractivity contribution < 1.29 is 9.90 Å². The molecular formula is C12H15N3O2. The summed E-state index contributed by atoms with van der Waals surface area (Å²) in [5.41, 5.74) is 1.69. The molecule has 0 bridgehead atoms. The Bertz CT molecular complexity index is 507. The monoisotopic (exact) mass is 233 g/mol. The molecule has 5 nitrogen and oxygen atoms in total. The predicted molar refractivity (Wildman–Crippen MR) is 66.9 cm³/mol. The van der Waals surface area contributed by atoms with E-state index >= 15 is 0 Å². The molecule has 0 atom stereocenters. The van der Waals surface area contributed by atoms with Gasteiger partial charge in [-0.1, -0.05) is 12.1 Å². The van der Waals surface area contributed by atoms with Gasteiger partial charge in [-0.15, -0.1) is 0 Å². The molecule has 17 heavy (non-hydrogen) atoms. The molecule has 4 N–H and O–H groups in total. The van der Waals surface area contributed by atoms with E-state index in [2.05, 4.69) is 15.6 Å². The van der Waals surface area contributed by atoms with Gasteiger partial charge in [-0.05, 0) is 12.1 Å². The number of para-hydroxylation sites is 1. The Hall–Kier alpha value is -1.85. The van der Waals surface area contributed by atoms with E-state index in [1.54, 1.807) is 0 Å². The fourth-order valence-electron chi connectivity index (χ4n) is 1.66. The summed E-state index contributed by atoms with van der Waals surface area (Å²) >= 11 is 0. The number of hydrogen-bond donors (Lipinski definition) is 4. The number of H-pyrrole nitrogens is 1. The van der Waals surface area contributed by atoms with Crippen LogP contribution in [0.15, 0.2) is 30.5 Å². The molecule has 1 aromatic carbocycles. The first-order chi connectivity index (χ1) is 8.31. The van der Waals surface area contributed by atoms with E-state index in [1.807, 2.05) is 30.5 Å². The van der Waals surface area contributed by atoms with Gasteiger partial charge in [0.05, 0.1) is 24.4 Å². The second kappa shape index (κ2) is 5.47. The fraction of sp³-hybridized carbons (Fsp3) is 0.250. The van der Waals surface area contributed by atoms with Crippen molar-refractivity contribution in [2.75, 3.05) is 25.0 Å². The van der Waals surface area contributed by atoms with Crippen molar-refractivity contribution in [1.82, 2.24) is 10.3 Å². The number of amides is 1. The molecule has 0 radical (unpaired) electrons. The lowest BCUT2D eigenvalue weighted by Crippen LogP contribution is -2.30. The van der Waals surface area contributed by atoms with Gasteiger partial charge in [0.1, 0.15) is 0 Å². The average Bonchev–Trinajstić information content (AvgIpc) is 2.78. The van der Waals surface area contributed by atoms with Crippen LogP contribution in [0.5, 0.6) is 0 Å². The number of aliphatic hydroxyl groups excluding tert-OH is 1. The number of anilines is 1. The Morgan fingerprint density at radius 2 is 2.24 bits per heavy atom. The van der Waals surface area contributed by atoms with Crippen LogP contribution in [0.4, 0.5) is 5.69 Å². The van der Waals surface area contributed by atoms with Crippen LogP contribution in [-0.4, -0.2) is 35.7 Å². The van der Waals surface area contributed by atoms with E-state index in [1.165, 1.54) is 0 Å². The molecule has 2 aromatic rings. The van der Waals surface area contributed by atoms with E-state index in [0.29, 0.717) is 6.54 Å². The summed E-state index contributed by atoms with van der Waals surface area (Å²) < 4.78 is 0. The van der Waals surface area contributed by atoms with Crippen molar-refractivity contribution in [2.24, 2.45) is 0 Å². The van der Waals surface area contributed by atoms with E-state index in [-0.39, 0.29) is 19.1 Å². The topological polar surface area (TPSA) is 77.2 Å². The summed E-state index contributed by atoms with van der Waals surface area (Å²) in [6.45, 7) is 0.636. The van der Waals surface area contributed by atoms with Crippen LogP contribution in [0, 0.1) is 0 Å². The number of aliphatic hydroxyl groups is 1. The predicted octanol–water partition coefficient (Wildman–Crippen LogP) is 0.688. The van der Waals surface area contributed by atoms with Gasteiger partial charge in [-0.25, -0.2) is 0 Å². The first-order valence-electron chi connectivity index (χ1n) is 5.49. The highest BCUT2D eigenvalue weighted by Crippen LogP contribution is 2.21. The third-order valence-electron chi connectivity index (χ3n) is 2.44. The van der Waals surface area contributed by atoms with Crippen LogP contribution in [0.3, 0.4) is 0 Å².